The fourth-order valence-electron chi connectivity index (χ4n) is 3.18. The fraction of sp³-hybridized carbons (Fsp3) is 0.214. The second kappa shape index (κ2) is 10.5. The third kappa shape index (κ3) is 5.10. The van der Waals surface area contributed by atoms with Gasteiger partial charge in [0.05, 0.1) is 0 Å². The van der Waals surface area contributed by atoms with Crippen LogP contribution in [0.25, 0.3) is 33.7 Å². The summed E-state index contributed by atoms with van der Waals surface area (Å²) in [5.74, 6) is 0. The van der Waals surface area contributed by atoms with Crippen LogP contribution in [0, 0.1) is 13.8 Å². The zero-order valence-electron chi connectivity index (χ0n) is 18.1. The lowest BCUT2D eigenvalue weighted by atomic mass is 9.98. The summed E-state index contributed by atoms with van der Waals surface area (Å²) in [6, 6.07) is 26.4. The lowest BCUT2D eigenvalue weighted by Crippen LogP contribution is -1.81. The summed E-state index contributed by atoms with van der Waals surface area (Å²) < 4.78 is 0. The molecule has 0 unspecified atom stereocenters. The second-order valence-corrected chi connectivity index (χ2v) is 6.51. The predicted molar refractivity (Wildman–Crippen MR) is 129 cm³/mol. The SMILES string of the molecule is CC.CC.Cc1ccc(C=Cc2ccc3c(ccc4cc(C)ccc43)c2)cc1. The van der Waals surface area contributed by atoms with Gasteiger partial charge < -0.3 is 0 Å². The third-order valence-corrected chi connectivity index (χ3v) is 4.56. The number of hydrogen-bond acceptors (Lipinski definition) is 0. The molecule has 0 saturated heterocycles. The van der Waals surface area contributed by atoms with Crippen molar-refractivity contribution in [3.8, 4) is 0 Å². The van der Waals surface area contributed by atoms with Crippen LogP contribution < -0.4 is 0 Å². The Balaban J connectivity index is 0.000000660. The van der Waals surface area contributed by atoms with Crippen molar-refractivity contribution >= 4 is 33.7 Å². The molecular weight excluding hydrogens is 336 g/mol. The van der Waals surface area contributed by atoms with Crippen molar-refractivity contribution < 1.29 is 0 Å². The standard InChI is InChI=1S/C24H20.2C2H6/c1-17-3-6-19(7-4-17)8-9-20-10-14-24-22(16-20)12-11-21-15-18(2)5-13-23(21)24;2*1-2/h3-16H,1-2H3;2*1-2H3. The van der Waals surface area contributed by atoms with Gasteiger partial charge in [0, 0.05) is 0 Å². The maximum Gasteiger partial charge on any atom is -0.0105 e. The molecule has 4 aromatic carbocycles. The van der Waals surface area contributed by atoms with Crippen molar-refractivity contribution in [2.24, 2.45) is 0 Å². The van der Waals surface area contributed by atoms with Gasteiger partial charge in [0.2, 0.25) is 0 Å². The largest absolute Gasteiger partial charge is 0.0683 e. The third-order valence-electron chi connectivity index (χ3n) is 4.56. The van der Waals surface area contributed by atoms with Gasteiger partial charge in [-0.25, -0.2) is 0 Å². The number of aryl methyl sites for hydroxylation is 2. The van der Waals surface area contributed by atoms with E-state index in [1.807, 2.05) is 27.7 Å². The molecule has 4 aromatic rings. The maximum atomic E-state index is 2.26. The summed E-state index contributed by atoms with van der Waals surface area (Å²) >= 11 is 0. The van der Waals surface area contributed by atoms with Gasteiger partial charge in [-0.05, 0) is 52.6 Å². The molecule has 0 aliphatic heterocycles. The molecule has 0 heteroatoms. The van der Waals surface area contributed by atoms with Gasteiger partial charge in [0.25, 0.3) is 0 Å². The number of rotatable bonds is 2. The van der Waals surface area contributed by atoms with Crippen molar-refractivity contribution in [3.63, 3.8) is 0 Å². The monoisotopic (exact) mass is 368 g/mol. The summed E-state index contributed by atoms with van der Waals surface area (Å²) in [6.45, 7) is 12.3. The van der Waals surface area contributed by atoms with Gasteiger partial charge in [0.1, 0.15) is 0 Å². The fourth-order valence-corrected chi connectivity index (χ4v) is 3.18. The van der Waals surface area contributed by atoms with E-state index >= 15 is 0 Å². The number of fused-ring (bicyclic) bond motifs is 3. The lowest BCUT2D eigenvalue weighted by molar-refractivity contribution is 1.46. The molecule has 28 heavy (non-hydrogen) atoms. The molecule has 144 valence electrons. The van der Waals surface area contributed by atoms with E-state index in [9.17, 15) is 0 Å². The Morgan fingerprint density at radius 3 is 1.57 bits per heavy atom. The highest BCUT2D eigenvalue weighted by Gasteiger charge is 2.01. The Labute approximate surface area is 170 Å². The second-order valence-electron chi connectivity index (χ2n) is 6.51. The summed E-state index contributed by atoms with van der Waals surface area (Å²) in [7, 11) is 0. The van der Waals surface area contributed by atoms with Crippen LogP contribution in [-0.2, 0) is 0 Å². The maximum absolute atomic E-state index is 2.26. The van der Waals surface area contributed by atoms with E-state index in [1.54, 1.807) is 0 Å². The van der Waals surface area contributed by atoms with Crippen LogP contribution in [0.3, 0.4) is 0 Å². The smallest absolute Gasteiger partial charge is 0.0105 e. The Morgan fingerprint density at radius 1 is 0.464 bits per heavy atom. The minimum Gasteiger partial charge on any atom is -0.0683 e. The molecule has 0 bridgehead atoms. The van der Waals surface area contributed by atoms with Gasteiger partial charge >= 0.3 is 0 Å². The van der Waals surface area contributed by atoms with Gasteiger partial charge in [0.15, 0.2) is 0 Å². The minimum absolute atomic E-state index is 1.23. The Bertz CT molecular complexity index is 1050. The molecule has 0 atom stereocenters. The van der Waals surface area contributed by atoms with Crippen LogP contribution in [0.5, 0.6) is 0 Å². The zero-order chi connectivity index (χ0) is 20.5. The van der Waals surface area contributed by atoms with Crippen molar-refractivity contribution in [3.05, 3.63) is 95.1 Å². The molecule has 0 spiro atoms. The molecule has 0 N–H and O–H groups in total. The summed E-state index contributed by atoms with van der Waals surface area (Å²) in [4.78, 5) is 0. The average Bonchev–Trinajstić information content (AvgIpc) is 2.75. The van der Waals surface area contributed by atoms with E-state index in [0.29, 0.717) is 0 Å². The van der Waals surface area contributed by atoms with Gasteiger partial charge in [-0.2, -0.15) is 0 Å². The molecule has 0 radical (unpaired) electrons. The molecular formula is C28H32. The highest BCUT2D eigenvalue weighted by molar-refractivity contribution is 6.08. The number of benzene rings is 4. The van der Waals surface area contributed by atoms with E-state index in [2.05, 4.69) is 98.8 Å². The Kier molecular flexibility index (Phi) is 8.02. The molecule has 0 aromatic heterocycles. The van der Waals surface area contributed by atoms with E-state index < -0.39 is 0 Å². The van der Waals surface area contributed by atoms with Crippen molar-refractivity contribution in [1.29, 1.82) is 0 Å². The van der Waals surface area contributed by atoms with Crippen LogP contribution in [0.2, 0.25) is 0 Å². The summed E-state index contributed by atoms with van der Waals surface area (Å²) in [5, 5.41) is 5.25. The van der Waals surface area contributed by atoms with Gasteiger partial charge in [-0.3, -0.25) is 0 Å². The Morgan fingerprint density at radius 2 is 0.929 bits per heavy atom. The van der Waals surface area contributed by atoms with Crippen molar-refractivity contribution in [2.75, 3.05) is 0 Å². The van der Waals surface area contributed by atoms with E-state index in [1.165, 1.54) is 43.8 Å². The molecule has 4 rings (SSSR count). The first-order valence-electron chi connectivity index (χ1n) is 10.4. The lowest BCUT2D eigenvalue weighted by Gasteiger charge is -2.06. The normalized spacial score (nSPS) is 10.4. The zero-order valence-corrected chi connectivity index (χ0v) is 18.1. The predicted octanol–water partition coefficient (Wildman–Crippen LogP) is 8.83. The molecule has 0 fully saturated rings. The van der Waals surface area contributed by atoms with Crippen LogP contribution >= 0.6 is 0 Å². The molecule has 0 heterocycles. The van der Waals surface area contributed by atoms with E-state index in [4.69, 9.17) is 0 Å². The number of hydrogen-bond donors (Lipinski definition) is 0. The van der Waals surface area contributed by atoms with Crippen LogP contribution in [0.15, 0.2) is 72.8 Å². The van der Waals surface area contributed by atoms with Gasteiger partial charge in [-0.1, -0.05) is 118 Å². The van der Waals surface area contributed by atoms with E-state index in [0.717, 1.165) is 0 Å². The first-order valence-corrected chi connectivity index (χ1v) is 10.4. The minimum atomic E-state index is 1.23. The highest BCUT2D eigenvalue weighted by atomic mass is 14.1. The summed E-state index contributed by atoms with van der Waals surface area (Å²) in [6.07, 6.45) is 4.36. The van der Waals surface area contributed by atoms with Crippen molar-refractivity contribution in [1.82, 2.24) is 0 Å². The van der Waals surface area contributed by atoms with Crippen LogP contribution in [0.4, 0.5) is 0 Å². The molecule has 0 aliphatic rings. The average molecular weight is 369 g/mol. The first-order chi connectivity index (χ1) is 13.7. The van der Waals surface area contributed by atoms with Crippen LogP contribution in [0.1, 0.15) is 49.9 Å². The summed E-state index contributed by atoms with van der Waals surface area (Å²) in [5.41, 5.74) is 5.06. The van der Waals surface area contributed by atoms with E-state index in [-0.39, 0.29) is 0 Å². The quantitative estimate of drug-likeness (QED) is 0.245. The molecule has 0 saturated carbocycles. The molecule has 0 nitrogen and oxygen atoms in total. The van der Waals surface area contributed by atoms with Gasteiger partial charge in [-0.15, -0.1) is 0 Å². The molecule has 0 amide bonds. The topological polar surface area (TPSA) is 0 Å². The Hall–Kier alpha value is -2.86. The van der Waals surface area contributed by atoms with Crippen molar-refractivity contribution in [2.45, 2.75) is 41.5 Å². The first kappa shape index (κ1) is 21.4. The molecule has 0 aliphatic carbocycles. The highest BCUT2D eigenvalue weighted by Crippen LogP contribution is 2.27. The van der Waals surface area contributed by atoms with Crippen LogP contribution in [-0.4, -0.2) is 0 Å².